The fourth-order valence-corrected chi connectivity index (χ4v) is 2.72. The Morgan fingerprint density at radius 2 is 1.57 bits per heavy atom. The van der Waals surface area contributed by atoms with Gasteiger partial charge in [0.05, 0.1) is 11.1 Å². The van der Waals surface area contributed by atoms with E-state index in [0.29, 0.717) is 17.5 Å². The van der Waals surface area contributed by atoms with Gasteiger partial charge in [-0.2, -0.15) is 0 Å². The molecule has 1 heterocycles. The van der Waals surface area contributed by atoms with E-state index in [1.165, 1.54) is 0 Å². The van der Waals surface area contributed by atoms with E-state index >= 15 is 0 Å². The van der Waals surface area contributed by atoms with Gasteiger partial charge < -0.3 is 5.32 Å². The number of amides is 3. The van der Waals surface area contributed by atoms with E-state index in [2.05, 4.69) is 5.32 Å². The fourth-order valence-electron chi connectivity index (χ4n) is 2.72. The maximum absolute atomic E-state index is 12.7. The van der Waals surface area contributed by atoms with Crippen LogP contribution >= 0.6 is 0 Å². The van der Waals surface area contributed by atoms with E-state index in [9.17, 15) is 14.4 Å². The first-order valence-corrected chi connectivity index (χ1v) is 7.91. The van der Waals surface area contributed by atoms with Gasteiger partial charge in [0.15, 0.2) is 0 Å². The van der Waals surface area contributed by atoms with Crippen LogP contribution in [0.1, 0.15) is 61.8 Å². The SMILES string of the molecule is CC(C)C[C@H](C(=O)NC(C)(C)C)N1C(=O)c2ccccc2C1=O. The number of benzene rings is 1. The lowest BCUT2D eigenvalue weighted by Crippen LogP contribution is -2.54. The maximum Gasteiger partial charge on any atom is 0.262 e. The summed E-state index contributed by atoms with van der Waals surface area (Å²) in [5.74, 6) is -0.892. The number of carbonyl (C=O) groups excluding carboxylic acids is 3. The summed E-state index contributed by atoms with van der Waals surface area (Å²) in [6, 6.07) is 5.91. The maximum atomic E-state index is 12.7. The zero-order chi connectivity index (χ0) is 17.4. The molecule has 0 fully saturated rings. The van der Waals surface area contributed by atoms with Gasteiger partial charge in [-0.15, -0.1) is 0 Å². The average Bonchev–Trinajstić information content (AvgIpc) is 2.67. The van der Waals surface area contributed by atoms with Crippen LogP contribution in [0.5, 0.6) is 0 Å². The molecular weight excluding hydrogens is 292 g/mol. The summed E-state index contributed by atoms with van der Waals surface area (Å²) in [7, 11) is 0. The van der Waals surface area contributed by atoms with Crippen LogP contribution in [-0.2, 0) is 4.79 Å². The molecule has 0 spiro atoms. The molecule has 0 saturated carbocycles. The minimum atomic E-state index is -0.790. The van der Waals surface area contributed by atoms with Gasteiger partial charge in [0.25, 0.3) is 11.8 Å². The molecular formula is C18H24N2O3. The molecule has 0 aliphatic carbocycles. The molecule has 1 aliphatic rings. The molecule has 5 nitrogen and oxygen atoms in total. The molecule has 0 bridgehead atoms. The molecule has 1 aromatic rings. The Bertz CT molecular complexity index is 609. The number of hydrogen-bond acceptors (Lipinski definition) is 3. The first-order chi connectivity index (χ1) is 10.6. The second-order valence-electron chi connectivity index (χ2n) is 7.41. The zero-order valence-electron chi connectivity index (χ0n) is 14.3. The quantitative estimate of drug-likeness (QED) is 0.868. The molecule has 0 unspecified atom stereocenters. The van der Waals surface area contributed by atoms with Crippen LogP contribution in [0.15, 0.2) is 24.3 Å². The highest BCUT2D eigenvalue weighted by atomic mass is 16.2. The third kappa shape index (κ3) is 3.60. The molecule has 124 valence electrons. The standard InChI is InChI=1S/C18H24N2O3/c1-11(2)10-14(15(21)19-18(3,4)5)20-16(22)12-8-6-7-9-13(12)17(20)23/h6-9,11,14H,10H2,1-5H3,(H,19,21)/t14-/m1/s1. The monoisotopic (exact) mass is 316 g/mol. The van der Waals surface area contributed by atoms with Crippen LogP contribution in [0.3, 0.4) is 0 Å². The van der Waals surface area contributed by atoms with Crippen LogP contribution < -0.4 is 5.32 Å². The van der Waals surface area contributed by atoms with Gasteiger partial charge in [0.2, 0.25) is 5.91 Å². The molecule has 23 heavy (non-hydrogen) atoms. The van der Waals surface area contributed by atoms with Gasteiger partial charge in [0.1, 0.15) is 6.04 Å². The van der Waals surface area contributed by atoms with Gasteiger partial charge in [-0.3, -0.25) is 19.3 Å². The van der Waals surface area contributed by atoms with Crippen LogP contribution in [0.4, 0.5) is 0 Å². The smallest absolute Gasteiger partial charge is 0.262 e. The summed E-state index contributed by atoms with van der Waals surface area (Å²) < 4.78 is 0. The van der Waals surface area contributed by atoms with Gasteiger partial charge in [-0.1, -0.05) is 26.0 Å². The molecule has 0 radical (unpaired) electrons. The van der Waals surface area contributed by atoms with Crippen molar-refractivity contribution in [3.05, 3.63) is 35.4 Å². The summed E-state index contributed by atoms with van der Waals surface area (Å²) in [4.78, 5) is 39.0. The van der Waals surface area contributed by atoms with E-state index in [1.54, 1.807) is 24.3 Å². The third-order valence-corrected chi connectivity index (χ3v) is 3.63. The highest BCUT2D eigenvalue weighted by Crippen LogP contribution is 2.27. The number of fused-ring (bicyclic) bond motifs is 1. The largest absolute Gasteiger partial charge is 0.350 e. The fraction of sp³-hybridized carbons (Fsp3) is 0.500. The number of rotatable bonds is 4. The second-order valence-corrected chi connectivity index (χ2v) is 7.41. The van der Waals surface area contributed by atoms with Gasteiger partial charge in [0, 0.05) is 5.54 Å². The lowest BCUT2D eigenvalue weighted by atomic mass is 10.00. The van der Waals surface area contributed by atoms with Crippen molar-refractivity contribution < 1.29 is 14.4 Å². The third-order valence-electron chi connectivity index (χ3n) is 3.63. The summed E-state index contributed by atoms with van der Waals surface area (Å²) in [5, 5.41) is 2.88. The Morgan fingerprint density at radius 3 is 1.96 bits per heavy atom. The molecule has 1 N–H and O–H groups in total. The van der Waals surface area contributed by atoms with Gasteiger partial charge in [-0.05, 0) is 45.2 Å². The number of nitrogens with one attached hydrogen (secondary N) is 1. The van der Waals surface area contributed by atoms with E-state index < -0.39 is 11.6 Å². The van der Waals surface area contributed by atoms with Gasteiger partial charge in [-0.25, -0.2) is 0 Å². The number of hydrogen-bond donors (Lipinski definition) is 1. The predicted octanol–water partition coefficient (Wildman–Crippen LogP) is 2.61. The normalized spacial score (nSPS) is 15.8. The van der Waals surface area contributed by atoms with Crippen molar-refractivity contribution in [2.75, 3.05) is 0 Å². The number of carbonyl (C=O) groups is 3. The van der Waals surface area contributed by atoms with Gasteiger partial charge >= 0.3 is 0 Å². The molecule has 5 heteroatoms. The summed E-state index contributed by atoms with van der Waals surface area (Å²) in [6.07, 6.45) is 0.438. The lowest BCUT2D eigenvalue weighted by molar-refractivity contribution is -0.127. The van der Waals surface area contributed by atoms with Crippen molar-refractivity contribution >= 4 is 17.7 Å². The summed E-state index contributed by atoms with van der Waals surface area (Å²) in [6.45, 7) is 9.56. The molecule has 1 atom stereocenters. The zero-order valence-corrected chi connectivity index (χ0v) is 14.3. The minimum absolute atomic E-state index is 0.176. The van der Waals surface area contributed by atoms with Crippen LogP contribution in [-0.4, -0.2) is 34.2 Å². The molecule has 1 aromatic carbocycles. The summed E-state index contributed by atoms with van der Waals surface area (Å²) >= 11 is 0. The molecule has 0 saturated heterocycles. The molecule has 2 rings (SSSR count). The Labute approximate surface area is 137 Å². The van der Waals surface area contributed by atoms with Crippen molar-refractivity contribution in [2.24, 2.45) is 5.92 Å². The minimum Gasteiger partial charge on any atom is -0.350 e. The topological polar surface area (TPSA) is 66.5 Å². The second kappa shape index (κ2) is 6.14. The van der Waals surface area contributed by atoms with Crippen LogP contribution in [0, 0.1) is 5.92 Å². The molecule has 3 amide bonds. The highest BCUT2D eigenvalue weighted by Gasteiger charge is 2.43. The Morgan fingerprint density at radius 1 is 1.09 bits per heavy atom. The Kier molecular flexibility index (Phi) is 4.59. The first-order valence-electron chi connectivity index (χ1n) is 7.91. The molecule has 1 aliphatic heterocycles. The van der Waals surface area contributed by atoms with Crippen LogP contribution in [0.2, 0.25) is 0 Å². The van der Waals surface area contributed by atoms with E-state index in [1.807, 2.05) is 34.6 Å². The van der Waals surface area contributed by atoms with Crippen molar-refractivity contribution in [3.63, 3.8) is 0 Å². The van der Waals surface area contributed by atoms with E-state index in [0.717, 1.165) is 4.90 Å². The average molecular weight is 316 g/mol. The van der Waals surface area contributed by atoms with Crippen LogP contribution in [0.25, 0.3) is 0 Å². The lowest BCUT2D eigenvalue weighted by Gasteiger charge is -2.30. The Balaban J connectivity index is 2.36. The molecule has 0 aromatic heterocycles. The first kappa shape index (κ1) is 17.2. The van der Waals surface area contributed by atoms with E-state index in [4.69, 9.17) is 0 Å². The van der Waals surface area contributed by atoms with Crippen molar-refractivity contribution in [1.29, 1.82) is 0 Å². The predicted molar refractivity (Wildman–Crippen MR) is 88.1 cm³/mol. The van der Waals surface area contributed by atoms with Crippen molar-refractivity contribution in [3.8, 4) is 0 Å². The highest BCUT2D eigenvalue weighted by molar-refractivity contribution is 6.22. The number of imide groups is 1. The summed E-state index contributed by atoms with van der Waals surface area (Å²) in [5.41, 5.74) is 0.315. The van der Waals surface area contributed by atoms with Crippen molar-refractivity contribution in [1.82, 2.24) is 10.2 Å². The number of nitrogens with zero attached hydrogens (tertiary/aromatic N) is 1. The van der Waals surface area contributed by atoms with E-state index in [-0.39, 0.29) is 23.6 Å². The Hall–Kier alpha value is -2.17. The van der Waals surface area contributed by atoms with Crippen molar-refractivity contribution in [2.45, 2.75) is 52.6 Å².